The van der Waals surface area contributed by atoms with Crippen LogP contribution in [-0.4, -0.2) is 23.9 Å². The molecule has 0 radical (unpaired) electrons. The minimum atomic E-state index is 0.0673. The summed E-state index contributed by atoms with van der Waals surface area (Å²) in [4.78, 5) is 15.2. The average Bonchev–Trinajstić information content (AvgIpc) is 2.63. The maximum atomic E-state index is 12.8. The van der Waals surface area contributed by atoms with Gasteiger partial charge in [0.25, 0.3) is 0 Å². The van der Waals surface area contributed by atoms with Gasteiger partial charge >= 0.3 is 0 Å². The number of nitrogens with one attached hydrogen (secondary N) is 1. The topological polar surface area (TPSA) is 32.3 Å². The Morgan fingerprint density at radius 2 is 1.84 bits per heavy atom. The summed E-state index contributed by atoms with van der Waals surface area (Å²) in [6.45, 7) is 7.15. The lowest BCUT2D eigenvalue weighted by atomic mass is 9.95. The number of benzene rings is 2. The highest BCUT2D eigenvalue weighted by atomic mass is 16.1. The van der Waals surface area contributed by atoms with Gasteiger partial charge in [0.1, 0.15) is 0 Å². The lowest BCUT2D eigenvalue weighted by Gasteiger charge is -2.32. The fourth-order valence-corrected chi connectivity index (χ4v) is 3.60. The van der Waals surface area contributed by atoms with Crippen LogP contribution in [0.3, 0.4) is 0 Å². The zero-order valence-corrected chi connectivity index (χ0v) is 15.2. The van der Waals surface area contributed by atoms with E-state index in [0.29, 0.717) is 5.92 Å². The second-order valence-electron chi connectivity index (χ2n) is 7.29. The van der Waals surface area contributed by atoms with E-state index in [9.17, 15) is 4.79 Å². The molecule has 1 amide bonds. The number of nitrogens with zero attached hydrogens (tertiary/aromatic N) is 1. The van der Waals surface area contributed by atoms with Gasteiger partial charge < -0.3 is 5.32 Å². The fraction of sp³-hybridized carbons (Fsp3) is 0.409. The van der Waals surface area contributed by atoms with Gasteiger partial charge in [-0.25, -0.2) is 0 Å². The first-order valence-corrected chi connectivity index (χ1v) is 9.29. The van der Waals surface area contributed by atoms with Gasteiger partial charge in [-0.15, -0.1) is 0 Å². The number of likely N-dealkylation sites (tertiary alicyclic amines) is 1. The second kappa shape index (κ2) is 8.30. The largest absolute Gasteiger partial charge is 0.326 e. The molecule has 1 atom stereocenters. The van der Waals surface area contributed by atoms with E-state index >= 15 is 0 Å². The number of anilines is 1. The summed E-state index contributed by atoms with van der Waals surface area (Å²) in [5.41, 5.74) is 3.48. The van der Waals surface area contributed by atoms with Crippen molar-refractivity contribution in [3.05, 3.63) is 65.7 Å². The highest BCUT2D eigenvalue weighted by Gasteiger charge is 2.26. The maximum Gasteiger partial charge on any atom is 0.228 e. The number of carbonyl (C=O) groups is 1. The normalized spacial score (nSPS) is 18.3. The van der Waals surface area contributed by atoms with Crippen LogP contribution in [0.4, 0.5) is 5.69 Å². The van der Waals surface area contributed by atoms with Crippen molar-refractivity contribution in [3.8, 4) is 0 Å². The zero-order chi connectivity index (χ0) is 17.6. The number of carbonyl (C=O) groups excluding carboxylic acids is 1. The third-order valence-electron chi connectivity index (χ3n) is 4.97. The quantitative estimate of drug-likeness (QED) is 0.861. The van der Waals surface area contributed by atoms with Gasteiger partial charge in [-0.05, 0) is 42.5 Å². The van der Waals surface area contributed by atoms with Crippen LogP contribution in [0, 0.1) is 5.92 Å². The predicted octanol–water partition coefficient (Wildman–Crippen LogP) is 4.66. The molecule has 1 heterocycles. The molecule has 25 heavy (non-hydrogen) atoms. The molecule has 0 saturated carbocycles. The molecule has 1 saturated heterocycles. The smallest absolute Gasteiger partial charge is 0.228 e. The monoisotopic (exact) mass is 336 g/mol. The van der Waals surface area contributed by atoms with Gasteiger partial charge in [-0.1, -0.05) is 62.4 Å². The van der Waals surface area contributed by atoms with E-state index in [2.05, 4.69) is 54.4 Å². The third kappa shape index (κ3) is 4.70. The number of rotatable bonds is 5. The Labute approximate surface area is 151 Å². The summed E-state index contributed by atoms with van der Waals surface area (Å²) in [6.07, 6.45) is 2.05. The van der Waals surface area contributed by atoms with Crippen LogP contribution in [0.15, 0.2) is 54.6 Å². The minimum absolute atomic E-state index is 0.0673. The first kappa shape index (κ1) is 17.7. The van der Waals surface area contributed by atoms with Crippen molar-refractivity contribution in [2.24, 2.45) is 5.92 Å². The Bertz CT molecular complexity index is 696. The lowest BCUT2D eigenvalue weighted by Crippen LogP contribution is -2.40. The summed E-state index contributed by atoms with van der Waals surface area (Å²) in [7, 11) is 0. The molecule has 1 aliphatic rings. The van der Waals surface area contributed by atoms with Crippen LogP contribution in [0.25, 0.3) is 0 Å². The van der Waals surface area contributed by atoms with E-state index in [1.165, 1.54) is 11.1 Å². The van der Waals surface area contributed by atoms with Crippen LogP contribution >= 0.6 is 0 Å². The molecule has 0 aliphatic carbocycles. The standard InChI is InChI=1S/C22H28N2O/c1-17(2)20-12-6-7-13-21(20)23-22(25)19-11-8-14-24(16-19)15-18-9-4-3-5-10-18/h3-7,9-10,12-13,17,19H,8,11,14-16H2,1-2H3,(H,23,25)/t19-/m1/s1. The molecular weight excluding hydrogens is 308 g/mol. The first-order valence-electron chi connectivity index (χ1n) is 9.29. The molecule has 2 aromatic carbocycles. The van der Waals surface area contributed by atoms with Gasteiger partial charge in [-0.3, -0.25) is 9.69 Å². The van der Waals surface area contributed by atoms with Gasteiger partial charge in [0.2, 0.25) is 5.91 Å². The van der Waals surface area contributed by atoms with Gasteiger partial charge in [0.05, 0.1) is 5.92 Å². The molecule has 1 aliphatic heterocycles. The van der Waals surface area contributed by atoms with E-state index in [1.807, 2.05) is 24.3 Å². The summed E-state index contributed by atoms with van der Waals surface area (Å²) in [5.74, 6) is 0.626. The Kier molecular flexibility index (Phi) is 5.87. The van der Waals surface area contributed by atoms with E-state index in [-0.39, 0.29) is 11.8 Å². The molecule has 0 spiro atoms. The van der Waals surface area contributed by atoms with E-state index in [1.54, 1.807) is 0 Å². The Morgan fingerprint density at radius 1 is 1.12 bits per heavy atom. The number of hydrogen-bond donors (Lipinski definition) is 1. The van der Waals surface area contributed by atoms with Crippen molar-refractivity contribution >= 4 is 11.6 Å². The van der Waals surface area contributed by atoms with Crippen LogP contribution < -0.4 is 5.32 Å². The predicted molar refractivity (Wildman–Crippen MR) is 104 cm³/mol. The lowest BCUT2D eigenvalue weighted by molar-refractivity contribution is -0.121. The van der Waals surface area contributed by atoms with Crippen LogP contribution in [0.5, 0.6) is 0 Å². The zero-order valence-electron chi connectivity index (χ0n) is 15.2. The summed E-state index contributed by atoms with van der Waals surface area (Å²) in [5, 5.41) is 3.18. The van der Waals surface area contributed by atoms with Crippen molar-refractivity contribution < 1.29 is 4.79 Å². The summed E-state index contributed by atoms with van der Waals surface area (Å²) >= 11 is 0. The molecule has 0 aromatic heterocycles. The Morgan fingerprint density at radius 3 is 2.60 bits per heavy atom. The molecule has 132 valence electrons. The number of piperidine rings is 1. The van der Waals surface area contributed by atoms with Gasteiger partial charge in [0.15, 0.2) is 0 Å². The molecular formula is C22H28N2O. The van der Waals surface area contributed by atoms with Crippen molar-refractivity contribution in [1.29, 1.82) is 0 Å². The molecule has 2 aromatic rings. The van der Waals surface area contributed by atoms with Crippen LogP contribution in [0.1, 0.15) is 43.7 Å². The maximum absolute atomic E-state index is 12.8. The molecule has 3 rings (SSSR count). The molecule has 3 nitrogen and oxygen atoms in total. The van der Waals surface area contributed by atoms with Crippen molar-refractivity contribution in [1.82, 2.24) is 4.90 Å². The van der Waals surface area contributed by atoms with Crippen molar-refractivity contribution in [2.45, 2.75) is 39.2 Å². The average molecular weight is 336 g/mol. The number of amides is 1. The number of para-hydroxylation sites is 1. The Hall–Kier alpha value is -2.13. The van der Waals surface area contributed by atoms with Crippen LogP contribution in [-0.2, 0) is 11.3 Å². The fourth-order valence-electron chi connectivity index (χ4n) is 3.60. The van der Waals surface area contributed by atoms with Gasteiger partial charge in [0, 0.05) is 18.8 Å². The highest BCUT2D eigenvalue weighted by molar-refractivity contribution is 5.93. The van der Waals surface area contributed by atoms with Crippen LogP contribution in [0.2, 0.25) is 0 Å². The van der Waals surface area contributed by atoms with Crippen molar-refractivity contribution in [2.75, 3.05) is 18.4 Å². The minimum Gasteiger partial charge on any atom is -0.326 e. The summed E-state index contributed by atoms with van der Waals surface area (Å²) in [6, 6.07) is 18.6. The molecule has 1 fully saturated rings. The molecule has 3 heteroatoms. The SMILES string of the molecule is CC(C)c1ccccc1NC(=O)[C@@H]1CCCN(Cc2ccccc2)C1. The number of hydrogen-bond acceptors (Lipinski definition) is 2. The Balaban J connectivity index is 1.62. The first-order chi connectivity index (χ1) is 12.1. The molecule has 0 bridgehead atoms. The highest BCUT2D eigenvalue weighted by Crippen LogP contribution is 2.26. The molecule has 0 unspecified atom stereocenters. The molecule has 1 N–H and O–H groups in total. The second-order valence-corrected chi connectivity index (χ2v) is 7.29. The third-order valence-corrected chi connectivity index (χ3v) is 4.97. The summed E-state index contributed by atoms with van der Waals surface area (Å²) < 4.78 is 0. The van der Waals surface area contributed by atoms with Gasteiger partial charge in [-0.2, -0.15) is 0 Å². The van der Waals surface area contributed by atoms with E-state index in [0.717, 1.165) is 38.2 Å². The van der Waals surface area contributed by atoms with E-state index < -0.39 is 0 Å². The van der Waals surface area contributed by atoms with Crippen molar-refractivity contribution in [3.63, 3.8) is 0 Å². The van der Waals surface area contributed by atoms with E-state index in [4.69, 9.17) is 0 Å².